The van der Waals surface area contributed by atoms with Crippen LogP contribution in [0.25, 0.3) is 0 Å². The summed E-state index contributed by atoms with van der Waals surface area (Å²) in [5.74, 6) is -0.447. The van der Waals surface area contributed by atoms with Gasteiger partial charge in [0, 0.05) is 17.3 Å². The second-order valence-corrected chi connectivity index (χ2v) is 8.49. The van der Waals surface area contributed by atoms with Gasteiger partial charge in [-0.05, 0) is 78.4 Å². The zero-order chi connectivity index (χ0) is 24.2. The first kappa shape index (κ1) is 23.7. The number of amides is 2. The van der Waals surface area contributed by atoms with Gasteiger partial charge in [0.25, 0.3) is 5.91 Å². The first-order valence-electron chi connectivity index (χ1n) is 10.4. The van der Waals surface area contributed by atoms with Gasteiger partial charge < -0.3 is 15.0 Å². The summed E-state index contributed by atoms with van der Waals surface area (Å²) in [5, 5.41) is 3.64. The van der Waals surface area contributed by atoms with E-state index in [9.17, 15) is 14.0 Å². The number of carbonyl (C=O) groups excluding carboxylic acids is 2. The van der Waals surface area contributed by atoms with Gasteiger partial charge in [0.2, 0.25) is 5.91 Å². The predicted molar refractivity (Wildman–Crippen MR) is 134 cm³/mol. The molecule has 3 aromatic rings. The van der Waals surface area contributed by atoms with Crippen LogP contribution >= 0.6 is 23.8 Å². The lowest BCUT2D eigenvalue weighted by molar-refractivity contribution is -0.124. The third-order valence-corrected chi connectivity index (χ3v) is 6.09. The molecule has 0 saturated carbocycles. The molecule has 1 aliphatic rings. The predicted octanol–water partition coefficient (Wildman–Crippen LogP) is 5.02. The van der Waals surface area contributed by atoms with Gasteiger partial charge in [-0.25, -0.2) is 4.39 Å². The molecule has 3 aromatic carbocycles. The molecule has 0 aromatic heterocycles. The van der Waals surface area contributed by atoms with Crippen molar-refractivity contribution in [2.24, 2.45) is 0 Å². The molecule has 1 atom stereocenters. The van der Waals surface area contributed by atoms with Crippen LogP contribution in [-0.2, 0) is 16.1 Å². The number of carbonyl (C=O) groups is 2. The number of ether oxygens (including phenoxy) is 1. The minimum atomic E-state index is -0.827. The van der Waals surface area contributed by atoms with E-state index in [1.807, 2.05) is 12.1 Å². The van der Waals surface area contributed by atoms with Crippen LogP contribution in [0, 0.1) is 5.82 Å². The van der Waals surface area contributed by atoms with Crippen molar-refractivity contribution in [1.82, 2.24) is 4.90 Å². The van der Waals surface area contributed by atoms with Gasteiger partial charge in [-0.2, -0.15) is 0 Å². The van der Waals surface area contributed by atoms with Crippen molar-refractivity contribution >= 4 is 52.1 Å². The van der Waals surface area contributed by atoms with Crippen LogP contribution in [0.15, 0.2) is 72.8 Å². The Morgan fingerprint density at radius 2 is 1.71 bits per heavy atom. The van der Waals surface area contributed by atoms with Gasteiger partial charge in [0.15, 0.2) is 5.11 Å². The summed E-state index contributed by atoms with van der Waals surface area (Å²) in [6.07, 6.45) is -0.115. The number of rotatable bonds is 7. The number of halogens is 2. The summed E-state index contributed by atoms with van der Waals surface area (Å²) in [5.41, 5.74) is 1.90. The molecule has 1 heterocycles. The summed E-state index contributed by atoms with van der Waals surface area (Å²) in [4.78, 5) is 29.3. The minimum absolute atomic E-state index is 0.115. The standard InChI is InChI=1S/C25H21ClFN3O3S/c1-33-21-12-8-19(9-13-21)28-23(31)14-22-24(32)30(20-10-6-18(27)7-11-20)25(34)29(22)15-16-2-4-17(26)5-3-16/h2-13,22H,14-15H2,1H3,(H,28,31)/t22-/m1/s1. The fourth-order valence-electron chi connectivity index (χ4n) is 3.69. The largest absolute Gasteiger partial charge is 0.497 e. The molecule has 1 aliphatic heterocycles. The Morgan fingerprint density at radius 1 is 1.06 bits per heavy atom. The quantitative estimate of drug-likeness (QED) is 0.464. The number of methoxy groups -OCH3 is 1. The number of nitrogens with zero attached hydrogens (tertiary/aromatic N) is 2. The fourth-order valence-corrected chi connectivity index (χ4v) is 4.20. The molecule has 0 spiro atoms. The maximum atomic E-state index is 13.4. The Labute approximate surface area is 206 Å². The molecule has 0 radical (unpaired) electrons. The molecule has 174 valence electrons. The maximum absolute atomic E-state index is 13.4. The van der Waals surface area contributed by atoms with E-state index in [-0.39, 0.29) is 23.3 Å². The second-order valence-electron chi connectivity index (χ2n) is 7.68. The number of benzene rings is 3. The van der Waals surface area contributed by atoms with E-state index in [0.29, 0.717) is 28.7 Å². The van der Waals surface area contributed by atoms with Gasteiger partial charge in [-0.3, -0.25) is 14.5 Å². The summed E-state index contributed by atoms with van der Waals surface area (Å²) >= 11 is 11.6. The van der Waals surface area contributed by atoms with Crippen molar-refractivity contribution < 1.29 is 18.7 Å². The normalized spacial score (nSPS) is 15.6. The molecule has 1 fully saturated rings. The summed E-state index contributed by atoms with van der Waals surface area (Å²) in [7, 11) is 1.56. The number of anilines is 2. The van der Waals surface area contributed by atoms with Crippen LogP contribution in [-0.4, -0.2) is 35.0 Å². The number of nitrogens with one attached hydrogen (secondary N) is 1. The monoisotopic (exact) mass is 497 g/mol. The van der Waals surface area contributed by atoms with E-state index in [2.05, 4.69) is 5.32 Å². The molecule has 4 rings (SSSR count). The average molecular weight is 498 g/mol. The van der Waals surface area contributed by atoms with Crippen LogP contribution in [0.5, 0.6) is 5.75 Å². The summed E-state index contributed by atoms with van der Waals surface area (Å²) < 4.78 is 18.6. The molecule has 0 bridgehead atoms. The highest BCUT2D eigenvalue weighted by atomic mass is 35.5. The molecule has 1 saturated heterocycles. The molecule has 2 amide bonds. The van der Waals surface area contributed by atoms with Crippen molar-refractivity contribution in [3.8, 4) is 5.75 Å². The van der Waals surface area contributed by atoms with Gasteiger partial charge in [0.05, 0.1) is 19.2 Å². The molecule has 9 heteroatoms. The van der Waals surface area contributed by atoms with Gasteiger partial charge in [-0.15, -0.1) is 0 Å². The molecule has 0 unspecified atom stereocenters. The van der Waals surface area contributed by atoms with Crippen molar-refractivity contribution in [3.63, 3.8) is 0 Å². The minimum Gasteiger partial charge on any atom is -0.497 e. The van der Waals surface area contributed by atoms with Gasteiger partial charge >= 0.3 is 0 Å². The lowest BCUT2D eigenvalue weighted by atomic mass is 10.1. The van der Waals surface area contributed by atoms with Crippen LogP contribution < -0.4 is 15.0 Å². The van der Waals surface area contributed by atoms with E-state index in [1.165, 1.54) is 29.2 Å². The second kappa shape index (κ2) is 10.2. The molecular formula is C25H21ClFN3O3S. The van der Waals surface area contributed by atoms with Crippen molar-refractivity contribution in [3.05, 3.63) is 89.2 Å². The molecule has 34 heavy (non-hydrogen) atoms. The Balaban J connectivity index is 1.58. The highest BCUT2D eigenvalue weighted by Crippen LogP contribution is 2.29. The number of hydrogen-bond donors (Lipinski definition) is 1. The van der Waals surface area contributed by atoms with E-state index < -0.39 is 11.9 Å². The SMILES string of the molecule is COc1ccc(NC(=O)C[C@@H]2C(=O)N(c3ccc(F)cc3)C(=S)N2Cc2ccc(Cl)cc2)cc1. The number of thiocarbonyl (C=S) groups is 1. The topological polar surface area (TPSA) is 61.9 Å². The average Bonchev–Trinajstić information content (AvgIpc) is 3.05. The first-order chi connectivity index (χ1) is 16.4. The Hall–Kier alpha value is -3.49. The van der Waals surface area contributed by atoms with Crippen LogP contribution in [0.2, 0.25) is 5.02 Å². The van der Waals surface area contributed by atoms with Gasteiger partial charge in [-0.1, -0.05) is 23.7 Å². The Bertz CT molecular complexity index is 1200. The lowest BCUT2D eigenvalue weighted by Gasteiger charge is -2.24. The van der Waals surface area contributed by atoms with Crippen LogP contribution in [0.4, 0.5) is 15.8 Å². The van der Waals surface area contributed by atoms with Crippen molar-refractivity contribution in [2.75, 3.05) is 17.3 Å². The van der Waals surface area contributed by atoms with E-state index >= 15 is 0 Å². The zero-order valence-corrected chi connectivity index (χ0v) is 19.8. The molecule has 6 nitrogen and oxygen atoms in total. The van der Waals surface area contributed by atoms with Crippen molar-refractivity contribution in [1.29, 1.82) is 0 Å². The third kappa shape index (κ3) is 5.18. The Morgan fingerprint density at radius 3 is 2.32 bits per heavy atom. The van der Waals surface area contributed by atoms with Crippen molar-refractivity contribution in [2.45, 2.75) is 19.0 Å². The highest BCUT2D eigenvalue weighted by Gasteiger charge is 2.44. The highest BCUT2D eigenvalue weighted by molar-refractivity contribution is 7.80. The summed E-state index contributed by atoms with van der Waals surface area (Å²) in [6, 6.07) is 18.7. The van der Waals surface area contributed by atoms with E-state index in [0.717, 1.165) is 5.56 Å². The zero-order valence-electron chi connectivity index (χ0n) is 18.2. The third-order valence-electron chi connectivity index (χ3n) is 5.42. The van der Waals surface area contributed by atoms with Gasteiger partial charge in [0.1, 0.15) is 17.6 Å². The smallest absolute Gasteiger partial charge is 0.256 e. The lowest BCUT2D eigenvalue weighted by Crippen LogP contribution is -2.37. The van der Waals surface area contributed by atoms with Crippen LogP contribution in [0.1, 0.15) is 12.0 Å². The molecule has 0 aliphatic carbocycles. The maximum Gasteiger partial charge on any atom is 0.256 e. The van der Waals surface area contributed by atoms with E-state index in [4.69, 9.17) is 28.6 Å². The number of hydrogen-bond acceptors (Lipinski definition) is 4. The summed E-state index contributed by atoms with van der Waals surface area (Å²) in [6.45, 7) is 0.305. The Kier molecular flexibility index (Phi) is 7.09. The molecular weight excluding hydrogens is 477 g/mol. The van der Waals surface area contributed by atoms with E-state index in [1.54, 1.807) is 48.4 Å². The van der Waals surface area contributed by atoms with Crippen LogP contribution in [0.3, 0.4) is 0 Å². The molecule has 1 N–H and O–H groups in total. The first-order valence-corrected chi connectivity index (χ1v) is 11.2. The fraction of sp³-hybridized carbons (Fsp3) is 0.160.